The van der Waals surface area contributed by atoms with Crippen molar-refractivity contribution in [3.8, 4) is 0 Å². The van der Waals surface area contributed by atoms with Gasteiger partial charge < -0.3 is 14.4 Å². The van der Waals surface area contributed by atoms with Crippen LogP contribution in [-0.4, -0.2) is 50.7 Å². The van der Waals surface area contributed by atoms with E-state index in [0.717, 1.165) is 0 Å². The fourth-order valence-electron chi connectivity index (χ4n) is 1.84. The van der Waals surface area contributed by atoms with Gasteiger partial charge in [0.25, 0.3) is 5.91 Å². The van der Waals surface area contributed by atoms with Crippen LogP contribution in [0.15, 0.2) is 18.2 Å². The molecular formula is C15H20FNO4. The van der Waals surface area contributed by atoms with Crippen LogP contribution >= 0.6 is 0 Å². The average molecular weight is 297 g/mol. The van der Waals surface area contributed by atoms with Gasteiger partial charge >= 0.3 is 5.97 Å². The Hall–Kier alpha value is -1.95. The lowest BCUT2D eigenvalue weighted by molar-refractivity contribution is -0.140. The van der Waals surface area contributed by atoms with Gasteiger partial charge in [0.15, 0.2) is 0 Å². The van der Waals surface area contributed by atoms with Gasteiger partial charge in [-0.05, 0) is 24.6 Å². The second-order valence-electron chi connectivity index (χ2n) is 4.57. The highest BCUT2D eigenvalue weighted by atomic mass is 19.1. The third kappa shape index (κ3) is 5.15. The van der Waals surface area contributed by atoms with Crippen molar-refractivity contribution in [1.29, 1.82) is 0 Å². The molecule has 0 radical (unpaired) electrons. The predicted octanol–water partition coefficient (Wildman–Crippen LogP) is 1.79. The van der Waals surface area contributed by atoms with Gasteiger partial charge in [-0.2, -0.15) is 0 Å². The topological polar surface area (TPSA) is 55.8 Å². The summed E-state index contributed by atoms with van der Waals surface area (Å²) in [6.45, 7) is 2.59. The van der Waals surface area contributed by atoms with Gasteiger partial charge in [-0.1, -0.05) is 6.07 Å². The first-order valence-electron chi connectivity index (χ1n) is 6.60. The van der Waals surface area contributed by atoms with E-state index in [0.29, 0.717) is 18.7 Å². The Bertz CT molecular complexity index is 504. The zero-order valence-electron chi connectivity index (χ0n) is 12.5. The van der Waals surface area contributed by atoms with Gasteiger partial charge in [0, 0.05) is 25.8 Å². The summed E-state index contributed by atoms with van der Waals surface area (Å²) in [5.74, 6) is -1.20. The average Bonchev–Trinajstić information content (AvgIpc) is 2.48. The van der Waals surface area contributed by atoms with Gasteiger partial charge in [-0.3, -0.25) is 9.59 Å². The molecule has 0 spiro atoms. The zero-order valence-corrected chi connectivity index (χ0v) is 12.5. The molecule has 0 aliphatic heterocycles. The molecule has 1 aromatic rings. The van der Waals surface area contributed by atoms with Crippen molar-refractivity contribution in [1.82, 2.24) is 4.90 Å². The molecule has 0 heterocycles. The molecule has 1 rings (SSSR count). The molecule has 1 aromatic carbocycles. The molecule has 0 bridgehead atoms. The zero-order chi connectivity index (χ0) is 15.8. The third-order valence-corrected chi connectivity index (χ3v) is 3.10. The Balaban J connectivity index is 2.87. The minimum atomic E-state index is -0.469. The Kier molecular flexibility index (Phi) is 6.81. The van der Waals surface area contributed by atoms with E-state index in [1.54, 1.807) is 13.0 Å². The number of hydrogen-bond acceptors (Lipinski definition) is 4. The molecule has 0 aliphatic carbocycles. The predicted molar refractivity (Wildman–Crippen MR) is 75.5 cm³/mol. The molecule has 21 heavy (non-hydrogen) atoms. The highest BCUT2D eigenvalue weighted by Crippen LogP contribution is 2.13. The number of carbonyl (C=O) groups is 2. The van der Waals surface area contributed by atoms with Crippen LogP contribution in [-0.2, 0) is 14.3 Å². The number of amides is 1. The van der Waals surface area contributed by atoms with Gasteiger partial charge in [-0.25, -0.2) is 4.39 Å². The fourth-order valence-corrected chi connectivity index (χ4v) is 1.84. The van der Waals surface area contributed by atoms with E-state index in [2.05, 4.69) is 4.74 Å². The molecule has 5 nitrogen and oxygen atoms in total. The van der Waals surface area contributed by atoms with Crippen molar-refractivity contribution in [2.24, 2.45) is 0 Å². The highest BCUT2D eigenvalue weighted by molar-refractivity contribution is 5.95. The van der Waals surface area contributed by atoms with E-state index < -0.39 is 11.8 Å². The minimum Gasteiger partial charge on any atom is -0.469 e. The lowest BCUT2D eigenvalue weighted by Crippen LogP contribution is -2.36. The van der Waals surface area contributed by atoms with Crippen molar-refractivity contribution < 1.29 is 23.5 Å². The molecule has 0 atom stereocenters. The summed E-state index contributed by atoms with van der Waals surface area (Å²) in [6.07, 6.45) is 0.0836. The molecule has 0 saturated carbocycles. The quantitative estimate of drug-likeness (QED) is 0.720. The van der Waals surface area contributed by atoms with Crippen LogP contribution in [0.2, 0.25) is 0 Å². The van der Waals surface area contributed by atoms with Crippen LogP contribution in [0.1, 0.15) is 22.3 Å². The normalized spacial score (nSPS) is 10.3. The summed E-state index contributed by atoms with van der Waals surface area (Å²) in [5, 5.41) is 0. The van der Waals surface area contributed by atoms with Crippen LogP contribution in [0.4, 0.5) is 4.39 Å². The monoisotopic (exact) mass is 297 g/mol. The number of benzene rings is 1. The largest absolute Gasteiger partial charge is 0.469 e. The molecule has 116 valence electrons. The first-order valence-corrected chi connectivity index (χ1v) is 6.60. The van der Waals surface area contributed by atoms with Crippen LogP contribution in [0, 0.1) is 12.7 Å². The van der Waals surface area contributed by atoms with Gasteiger partial charge in [-0.15, -0.1) is 0 Å². The van der Waals surface area contributed by atoms with E-state index in [1.807, 2.05) is 0 Å². The molecule has 6 heteroatoms. The van der Waals surface area contributed by atoms with Crippen molar-refractivity contribution in [2.75, 3.05) is 33.9 Å². The number of rotatable bonds is 7. The second kappa shape index (κ2) is 8.36. The van der Waals surface area contributed by atoms with E-state index in [9.17, 15) is 14.0 Å². The lowest BCUT2D eigenvalue weighted by Gasteiger charge is -2.22. The smallest absolute Gasteiger partial charge is 0.307 e. The summed E-state index contributed by atoms with van der Waals surface area (Å²) in [5.41, 5.74) is 0.970. The Morgan fingerprint density at radius 1 is 1.24 bits per heavy atom. The summed E-state index contributed by atoms with van der Waals surface area (Å²) >= 11 is 0. The first kappa shape index (κ1) is 17.1. The number of carbonyl (C=O) groups excluding carboxylic acids is 2. The number of halogens is 1. The maximum Gasteiger partial charge on any atom is 0.307 e. The molecule has 0 N–H and O–H groups in total. The summed E-state index contributed by atoms with van der Waals surface area (Å²) < 4.78 is 22.8. The highest BCUT2D eigenvalue weighted by Gasteiger charge is 2.19. The number of hydrogen-bond donors (Lipinski definition) is 0. The Morgan fingerprint density at radius 3 is 2.57 bits per heavy atom. The molecule has 0 unspecified atom stereocenters. The number of ether oxygens (including phenoxy) is 2. The molecule has 1 amide bonds. The molecule has 0 aliphatic rings. The maximum absolute atomic E-state index is 13.3. The minimum absolute atomic E-state index is 0.0836. The third-order valence-electron chi connectivity index (χ3n) is 3.10. The lowest BCUT2D eigenvalue weighted by atomic mass is 10.1. The van der Waals surface area contributed by atoms with Crippen LogP contribution in [0.3, 0.4) is 0 Å². The number of esters is 1. The molecular weight excluding hydrogens is 277 g/mol. The molecule has 0 fully saturated rings. The van der Waals surface area contributed by atoms with Gasteiger partial charge in [0.2, 0.25) is 0 Å². The maximum atomic E-state index is 13.3. The fraction of sp³-hybridized carbons (Fsp3) is 0.467. The van der Waals surface area contributed by atoms with Crippen LogP contribution < -0.4 is 0 Å². The van der Waals surface area contributed by atoms with E-state index in [1.165, 1.54) is 31.3 Å². The SMILES string of the molecule is COCCN(CCC(=O)OC)C(=O)c1cc(F)ccc1C. The summed E-state index contributed by atoms with van der Waals surface area (Å²) in [4.78, 5) is 25.2. The number of nitrogens with zero attached hydrogens (tertiary/aromatic N) is 1. The molecule has 0 saturated heterocycles. The summed E-state index contributed by atoms with van der Waals surface area (Å²) in [6, 6.07) is 4.06. The number of methoxy groups -OCH3 is 2. The van der Waals surface area contributed by atoms with E-state index >= 15 is 0 Å². The Morgan fingerprint density at radius 2 is 1.95 bits per heavy atom. The van der Waals surface area contributed by atoms with Crippen molar-refractivity contribution >= 4 is 11.9 Å². The standard InChI is InChI=1S/C15H20FNO4/c1-11-4-5-12(16)10-13(11)15(19)17(8-9-20-2)7-6-14(18)21-3/h4-5,10H,6-9H2,1-3H3. The van der Waals surface area contributed by atoms with Gasteiger partial charge in [0.1, 0.15) is 5.82 Å². The van der Waals surface area contributed by atoms with E-state index in [-0.39, 0.29) is 24.4 Å². The Labute approximate surface area is 123 Å². The van der Waals surface area contributed by atoms with Crippen molar-refractivity contribution in [2.45, 2.75) is 13.3 Å². The van der Waals surface area contributed by atoms with Crippen molar-refractivity contribution in [3.05, 3.63) is 35.1 Å². The number of aryl methyl sites for hydroxylation is 1. The van der Waals surface area contributed by atoms with Crippen LogP contribution in [0.5, 0.6) is 0 Å². The first-order chi connectivity index (χ1) is 9.99. The molecule has 0 aromatic heterocycles. The van der Waals surface area contributed by atoms with Crippen LogP contribution in [0.25, 0.3) is 0 Å². The summed E-state index contributed by atoms with van der Waals surface area (Å²) in [7, 11) is 2.82. The second-order valence-corrected chi connectivity index (χ2v) is 4.57. The van der Waals surface area contributed by atoms with Crippen molar-refractivity contribution in [3.63, 3.8) is 0 Å². The van der Waals surface area contributed by atoms with E-state index in [4.69, 9.17) is 4.74 Å². The van der Waals surface area contributed by atoms with Gasteiger partial charge in [0.05, 0.1) is 20.1 Å².